The van der Waals surface area contributed by atoms with E-state index in [0.29, 0.717) is 18.7 Å². The van der Waals surface area contributed by atoms with Gasteiger partial charge in [-0.2, -0.15) is 0 Å². The highest BCUT2D eigenvalue weighted by Crippen LogP contribution is 2.16. The Balaban J connectivity index is 2.23. The van der Waals surface area contributed by atoms with Crippen molar-refractivity contribution in [2.75, 3.05) is 6.61 Å². The molecule has 0 saturated carbocycles. The molecule has 2 rings (SSSR count). The predicted octanol–water partition coefficient (Wildman–Crippen LogP) is 2.21. The Morgan fingerprint density at radius 1 is 1.12 bits per heavy atom. The van der Waals surface area contributed by atoms with Crippen LogP contribution in [0, 0.1) is 5.82 Å². The average molecular weight is 232 g/mol. The van der Waals surface area contributed by atoms with E-state index in [9.17, 15) is 4.39 Å². The maximum atomic E-state index is 12.8. The quantitative estimate of drug-likeness (QED) is 0.879. The topological polar surface area (TPSA) is 46.0 Å². The average Bonchev–Trinajstić information content (AvgIpc) is 2.37. The molecule has 1 aromatic heterocycles. The van der Waals surface area contributed by atoms with Crippen LogP contribution in [0.2, 0.25) is 0 Å². The summed E-state index contributed by atoms with van der Waals surface area (Å²) in [7, 11) is 0. The van der Waals surface area contributed by atoms with Gasteiger partial charge in [0.05, 0.1) is 5.69 Å². The van der Waals surface area contributed by atoms with Crippen molar-refractivity contribution >= 4 is 0 Å². The van der Waals surface area contributed by atoms with Crippen LogP contribution < -0.4 is 0 Å². The first-order valence-electron chi connectivity index (χ1n) is 5.48. The third-order valence-corrected chi connectivity index (χ3v) is 2.40. The molecule has 0 aliphatic heterocycles. The molecule has 3 nitrogen and oxygen atoms in total. The van der Waals surface area contributed by atoms with Gasteiger partial charge in [0.1, 0.15) is 11.6 Å². The first-order valence-corrected chi connectivity index (χ1v) is 5.48. The Hall–Kier alpha value is -1.81. The number of hydrogen-bond donors (Lipinski definition) is 1. The third-order valence-electron chi connectivity index (χ3n) is 2.40. The van der Waals surface area contributed by atoms with Crippen LogP contribution in [0.3, 0.4) is 0 Å². The number of aromatic nitrogens is 2. The van der Waals surface area contributed by atoms with E-state index in [4.69, 9.17) is 5.11 Å². The van der Waals surface area contributed by atoms with Gasteiger partial charge in [0.2, 0.25) is 0 Å². The zero-order valence-corrected chi connectivity index (χ0v) is 9.31. The number of aryl methyl sites for hydroxylation is 1. The molecule has 0 unspecified atom stereocenters. The molecule has 17 heavy (non-hydrogen) atoms. The monoisotopic (exact) mass is 232 g/mol. The largest absolute Gasteiger partial charge is 0.396 e. The summed E-state index contributed by atoms with van der Waals surface area (Å²) in [5, 5.41) is 8.75. The van der Waals surface area contributed by atoms with Gasteiger partial charge in [0, 0.05) is 24.8 Å². The van der Waals surface area contributed by atoms with Crippen molar-refractivity contribution in [3.63, 3.8) is 0 Å². The summed E-state index contributed by atoms with van der Waals surface area (Å²) in [5.41, 5.74) is 1.63. The predicted molar refractivity (Wildman–Crippen MR) is 62.8 cm³/mol. The summed E-state index contributed by atoms with van der Waals surface area (Å²) < 4.78 is 12.8. The van der Waals surface area contributed by atoms with Crippen molar-refractivity contribution in [2.45, 2.75) is 12.8 Å². The van der Waals surface area contributed by atoms with Gasteiger partial charge in [-0.3, -0.25) is 0 Å². The second-order valence-electron chi connectivity index (χ2n) is 3.69. The number of benzene rings is 1. The smallest absolute Gasteiger partial charge is 0.129 e. The molecule has 0 amide bonds. The van der Waals surface area contributed by atoms with E-state index in [-0.39, 0.29) is 12.4 Å². The normalized spacial score (nSPS) is 10.5. The van der Waals surface area contributed by atoms with Crippen molar-refractivity contribution in [3.05, 3.63) is 48.2 Å². The van der Waals surface area contributed by atoms with Crippen molar-refractivity contribution in [3.8, 4) is 11.3 Å². The minimum atomic E-state index is -0.261. The summed E-state index contributed by atoms with van der Waals surface area (Å²) in [6, 6.07) is 7.98. The Kier molecular flexibility index (Phi) is 3.77. The van der Waals surface area contributed by atoms with Gasteiger partial charge in [-0.1, -0.05) is 0 Å². The zero-order chi connectivity index (χ0) is 12.1. The van der Waals surface area contributed by atoms with Crippen LogP contribution in [0.15, 0.2) is 36.5 Å². The van der Waals surface area contributed by atoms with Gasteiger partial charge in [-0.15, -0.1) is 0 Å². The molecule has 0 bridgehead atoms. The maximum absolute atomic E-state index is 12.8. The molecular weight excluding hydrogens is 219 g/mol. The molecule has 88 valence electrons. The van der Waals surface area contributed by atoms with Crippen molar-refractivity contribution < 1.29 is 9.50 Å². The Bertz CT molecular complexity index is 485. The van der Waals surface area contributed by atoms with E-state index < -0.39 is 0 Å². The lowest BCUT2D eigenvalue weighted by Gasteiger charge is -2.03. The van der Waals surface area contributed by atoms with Gasteiger partial charge in [-0.25, -0.2) is 14.4 Å². The highest BCUT2D eigenvalue weighted by atomic mass is 19.1. The van der Waals surface area contributed by atoms with Gasteiger partial charge < -0.3 is 5.11 Å². The molecule has 2 aromatic rings. The summed E-state index contributed by atoms with van der Waals surface area (Å²) in [4.78, 5) is 8.49. The summed E-state index contributed by atoms with van der Waals surface area (Å²) in [6.45, 7) is 0.129. The molecule has 0 atom stereocenters. The molecule has 1 N–H and O–H groups in total. The minimum absolute atomic E-state index is 0.129. The Labute approximate surface area is 99.0 Å². The molecule has 1 aromatic carbocycles. The molecule has 0 spiro atoms. The minimum Gasteiger partial charge on any atom is -0.396 e. The van der Waals surface area contributed by atoms with Crippen LogP contribution in [0.4, 0.5) is 4.39 Å². The standard InChI is InChI=1S/C13H13FN2O/c14-11-5-3-10(4-6-11)12-7-8-15-13(16-12)2-1-9-17/h3-8,17H,1-2,9H2. The lowest BCUT2D eigenvalue weighted by Crippen LogP contribution is -1.98. The fourth-order valence-corrected chi connectivity index (χ4v) is 1.54. The van der Waals surface area contributed by atoms with Gasteiger partial charge in [0.15, 0.2) is 0 Å². The summed E-state index contributed by atoms with van der Waals surface area (Å²) in [6.07, 6.45) is 2.97. The van der Waals surface area contributed by atoms with Crippen LogP contribution in [0.25, 0.3) is 11.3 Å². The maximum Gasteiger partial charge on any atom is 0.129 e. The second kappa shape index (κ2) is 5.50. The number of nitrogens with zero attached hydrogens (tertiary/aromatic N) is 2. The van der Waals surface area contributed by atoms with E-state index in [2.05, 4.69) is 9.97 Å². The SMILES string of the molecule is OCCCc1nccc(-c2ccc(F)cc2)n1. The number of rotatable bonds is 4. The lowest BCUT2D eigenvalue weighted by molar-refractivity contribution is 0.287. The number of halogens is 1. The highest BCUT2D eigenvalue weighted by molar-refractivity contribution is 5.58. The Morgan fingerprint density at radius 2 is 1.88 bits per heavy atom. The third kappa shape index (κ3) is 3.07. The van der Waals surface area contributed by atoms with Crippen LogP contribution in [-0.2, 0) is 6.42 Å². The number of aliphatic hydroxyl groups excluding tert-OH is 1. The van der Waals surface area contributed by atoms with Crippen LogP contribution in [0.5, 0.6) is 0 Å². The summed E-state index contributed by atoms with van der Waals surface area (Å²) >= 11 is 0. The van der Waals surface area contributed by atoms with Crippen LogP contribution in [0.1, 0.15) is 12.2 Å². The van der Waals surface area contributed by atoms with E-state index in [0.717, 1.165) is 11.3 Å². The number of aliphatic hydroxyl groups is 1. The number of hydrogen-bond acceptors (Lipinski definition) is 3. The van der Waals surface area contributed by atoms with E-state index in [1.165, 1.54) is 12.1 Å². The summed E-state index contributed by atoms with van der Waals surface area (Å²) in [5.74, 6) is 0.434. The second-order valence-corrected chi connectivity index (χ2v) is 3.69. The first-order chi connectivity index (χ1) is 8.29. The van der Waals surface area contributed by atoms with Crippen LogP contribution >= 0.6 is 0 Å². The van der Waals surface area contributed by atoms with E-state index >= 15 is 0 Å². The van der Waals surface area contributed by atoms with Gasteiger partial charge >= 0.3 is 0 Å². The molecule has 0 radical (unpaired) electrons. The van der Waals surface area contributed by atoms with Crippen molar-refractivity contribution in [1.29, 1.82) is 0 Å². The van der Waals surface area contributed by atoms with Crippen LogP contribution in [-0.4, -0.2) is 21.7 Å². The molecular formula is C13H13FN2O. The van der Waals surface area contributed by atoms with Crippen molar-refractivity contribution in [1.82, 2.24) is 9.97 Å². The lowest BCUT2D eigenvalue weighted by atomic mass is 10.1. The van der Waals surface area contributed by atoms with E-state index in [1.807, 2.05) is 0 Å². The molecule has 4 heteroatoms. The Morgan fingerprint density at radius 3 is 2.59 bits per heavy atom. The molecule has 0 aliphatic carbocycles. The fourth-order valence-electron chi connectivity index (χ4n) is 1.54. The van der Waals surface area contributed by atoms with E-state index in [1.54, 1.807) is 24.4 Å². The molecule has 1 heterocycles. The molecule has 0 fully saturated rings. The fraction of sp³-hybridized carbons (Fsp3) is 0.231. The van der Waals surface area contributed by atoms with Crippen molar-refractivity contribution in [2.24, 2.45) is 0 Å². The molecule has 0 saturated heterocycles. The highest BCUT2D eigenvalue weighted by Gasteiger charge is 2.02. The molecule has 0 aliphatic rings. The zero-order valence-electron chi connectivity index (χ0n) is 9.31. The van der Waals surface area contributed by atoms with Gasteiger partial charge in [0.25, 0.3) is 0 Å². The first kappa shape index (κ1) is 11.7. The van der Waals surface area contributed by atoms with Gasteiger partial charge in [-0.05, 0) is 36.8 Å².